The van der Waals surface area contributed by atoms with Crippen molar-refractivity contribution in [2.75, 3.05) is 13.1 Å². The van der Waals surface area contributed by atoms with Crippen LogP contribution in [0.4, 0.5) is 0 Å². The van der Waals surface area contributed by atoms with E-state index in [-0.39, 0.29) is 10.5 Å². The minimum Gasteiger partial charge on any atom is -0.267 e. The van der Waals surface area contributed by atoms with E-state index in [1.165, 1.54) is 11.3 Å². The lowest BCUT2D eigenvalue weighted by molar-refractivity contribution is 0.288. The van der Waals surface area contributed by atoms with Gasteiger partial charge in [-0.1, -0.05) is 60.7 Å². The van der Waals surface area contributed by atoms with E-state index in [9.17, 15) is 13.2 Å². The van der Waals surface area contributed by atoms with E-state index in [1.807, 2.05) is 72.9 Å². The highest BCUT2D eigenvalue weighted by Gasteiger charge is 2.28. The third kappa shape index (κ3) is 4.57. The van der Waals surface area contributed by atoms with Crippen LogP contribution in [0.25, 0.3) is 39.0 Å². The number of imidazole rings is 1. The summed E-state index contributed by atoms with van der Waals surface area (Å²) in [7, 11) is -3.64. The molecule has 41 heavy (non-hydrogen) atoms. The first-order valence-corrected chi connectivity index (χ1v) is 15.8. The molecule has 0 aliphatic carbocycles. The Bertz CT molecular complexity index is 2120. The molecule has 0 saturated carbocycles. The van der Waals surface area contributed by atoms with Crippen LogP contribution in [0.1, 0.15) is 25.3 Å². The molecule has 8 nitrogen and oxygen atoms in total. The molecule has 0 radical (unpaired) electrons. The predicted octanol–water partition coefficient (Wildman–Crippen LogP) is 4.73. The highest BCUT2D eigenvalue weighted by atomic mass is 32.2. The van der Waals surface area contributed by atoms with Crippen LogP contribution >= 0.6 is 11.3 Å². The van der Waals surface area contributed by atoms with Crippen LogP contribution < -0.4 is 10.1 Å². The lowest BCUT2D eigenvalue weighted by atomic mass is 10.0. The Hall–Kier alpha value is -4.12. The van der Waals surface area contributed by atoms with Crippen molar-refractivity contribution in [2.45, 2.75) is 24.7 Å². The average molecular weight is 582 g/mol. The maximum Gasteiger partial charge on any atom is 0.274 e. The second-order valence-corrected chi connectivity index (χ2v) is 13.4. The zero-order valence-corrected chi connectivity index (χ0v) is 24.0. The van der Waals surface area contributed by atoms with Gasteiger partial charge >= 0.3 is 0 Å². The number of sulfonamides is 1. The van der Waals surface area contributed by atoms with Gasteiger partial charge in [0.25, 0.3) is 5.56 Å². The van der Waals surface area contributed by atoms with Gasteiger partial charge in [-0.3, -0.25) is 4.79 Å². The highest BCUT2D eigenvalue weighted by molar-refractivity contribution is 7.89. The molecule has 4 heterocycles. The third-order valence-corrected chi connectivity index (χ3v) is 10.5. The van der Waals surface area contributed by atoms with Crippen molar-refractivity contribution in [3.63, 3.8) is 0 Å². The topological polar surface area (TPSA) is 89.6 Å². The number of piperidine rings is 1. The van der Waals surface area contributed by atoms with Crippen LogP contribution in [-0.2, 0) is 10.0 Å². The molecule has 3 aromatic heterocycles. The van der Waals surface area contributed by atoms with Gasteiger partial charge in [-0.05, 0) is 61.2 Å². The molecular formula is C31H27N5O3S2. The van der Waals surface area contributed by atoms with Gasteiger partial charge in [0.1, 0.15) is 5.69 Å². The van der Waals surface area contributed by atoms with Gasteiger partial charge in [-0.25, -0.2) is 22.5 Å². The summed E-state index contributed by atoms with van der Waals surface area (Å²) in [6.45, 7) is 3.21. The van der Waals surface area contributed by atoms with Crippen molar-refractivity contribution in [1.82, 2.24) is 23.5 Å². The number of aromatic nitrogens is 4. The standard InChI is InChI=1S/C31H27N5O3S2/c1-21-14-16-34(17-15-21)41(38,39)25-11-7-8-22(18-25)29-23(20-35(33-29)24-9-3-2-4-10-24)19-28-30(37)36-27-13-6-5-12-26(27)32-31(36)40-28/h2-13,18-21H,14-17H2,1H3. The first kappa shape index (κ1) is 25.8. The summed E-state index contributed by atoms with van der Waals surface area (Å²) >= 11 is 1.32. The van der Waals surface area contributed by atoms with E-state index >= 15 is 0 Å². The summed E-state index contributed by atoms with van der Waals surface area (Å²) in [5.74, 6) is 0.525. The van der Waals surface area contributed by atoms with Crippen LogP contribution in [0, 0.1) is 5.92 Å². The van der Waals surface area contributed by atoms with Crippen molar-refractivity contribution in [2.24, 2.45) is 5.92 Å². The largest absolute Gasteiger partial charge is 0.274 e. The Morgan fingerprint density at radius 3 is 2.51 bits per heavy atom. The normalized spacial score (nSPS) is 15.8. The molecule has 0 unspecified atom stereocenters. The molecule has 10 heteroatoms. The van der Waals surface area contributed by atoms with Crippen molar-refractivity contribution in [1.29, 1.82) is 0 Å². The number of benzene rings is 3. The van der Waals surface area contributed by atoms with Crippen LogP contribution in [0.2, 0.25) is 0 Å². The first-order valence-electron chi connectivity index (χ1n) is 13.6. The first-order chi connectivity index (χ1) is 19.9. The number of para-hydroxylation sites is 3. The van der Waals surface area contributed by atoms with Gasteiger partial charge in [0.05, 0.1) is 26.1 Å². The molecule has 0 amide bonds. The minimum absolute atomic E-state index is 0.146. The molecule has 0 spiro atoms. The second kappa shape index (κ2) is 10.1. The molecule has 0 atom stereocenters. The number of nitrogens with zero attached hydrogens (tertiary/aromatic N) is 5. The van der Waals surface area contributed by atoms with Crippen molar-refractivity contribution >= 4 is 43.4 Å². The van der Waals surface area contributed by atoms with Gasteiger partial charge in [-0.2, -0.15) is 9.40 Å². The second-order valence-electron chi connectivity index (χ2n) is 10.5. The Morgan fingerprint density at radius 1 is 0.951 bits per heavy atom. The SMILES string of the molecule is CC1CCN(S(=O)(=O)c2cccc(-c3nn(-c4ccccc4)cc3C=c3sc4nc5ccccc5n4c3=O)c2)CC1. The maximum atomic E-state index is 13.5. The molecule has 3 aromatic carbocycles. The lowest BCUT2D eigenvalue weighted by Gasteiger charge is -2.29. The van der Waals surface area contributed by atoms with Crippen LogP contribution in [0.5, 0.6) is 0 Å². The Balaban J connectivity index is 1.37. The van der Waals surface area contributed by atoms with Crippen molar-refractivity contribution in [3.8, 4) is 16.9 Å². The Kier molecular flexibility index (Phi) is 6.33. The fourth-order valence-electron chi connectivity index (χ4n) is 5.36. The number of fused-ring (bicyclic) bond motifs is 3. The fourth-order valence-corrected chi connectivity index (χ4v) is 7.86. The highest BCUT2D eigenvalue weighted by Crippen LogP contribution is 2.29. The molecule has 6 aromatic rings. The van der Waals surface area contributed by atoms with Crippen LogP contribution in [0.15, 0.2) is 94.7 Å². The predicted molar refractivity (Wildman–Crippen MR) is 162 cm³/mol. The van der Waals surface area contributed by atoms with Gasteiger partial charge in [-0.15, -0.1) is 0 Å². The molecule has 7 rings (SSSR count). The van der Waals surface area contributed by atoms with Crippen molar-refractivity contribution < 1.29 is 8.42 Å². The van der Waals surface area contributed by atoms with E-state index < -0.39 is 10.0 Å². The van der Waals surface area contributed by atoms with Gasteiger partial charge in [0.2, 0.25) is 10.0 Å². The van der Waals surface area contributed by atoms with Crippen LogP contribution in [-0.4, -0.2) is 45.0 Å². The number of rotatable bonds is 5. The summed E-state index contributed by atoms with van der Waals surface area (Å²) < 4.78 is 32.6. The smallest absolute Gasteiger partial charge is 0.267 e. The fraction of sp³-hybridized carbons (Fsp3) is 0.194. The summed E-state index contributed by atoms with van der Waals surface area (Å²) in [5.41, 5.74) is 4.22. The number of hydrogen-bond acceptors (Lipinski definition) is 6. The maximum absolute atomic E-state index is 13.5. The van der Waals surface area contributed by atoms with Gasteiger partial charge in [0.15, 0.2) is 4.96 Å². The average Bonchev–Trinajstić information content (AvgIpc) is 3.67. The quantitative estimate of drug-likeness (QED) is 0.294. The van der Waals surface area contributed by atoms with E-state index in [0.29, 0.717) is 45.3 Å². The van der Waals surface area contributed by atoms with E-state index in [0.717, 1.165) is 29.6 Å². The molecule has 1 fully saturated rings. The van der Waals surface area contributed by atoms with Crippen LogP contribution in [0.3, 0.4) is 0 Å². The van der Waals surface area contributed by atoms with Gasteiger partial charge in [0, 0.05) is 30.4 Å². The zero-order valence-electron chi connectivity index (χ0n) is 22.3. The summed E-state index contributed by atoms with van der Waals surface area (Å²) in [5, 5.41) is 4.87. The monoisotopic (exact) mass is 581 g/mol. The van der Waals surface area contributed by atoms with E-state index in [4.69, 9.17) is 5.10 Å². The summed E-state index contributed by atoms with van der Waals surface area (Å²) in [6.07, 6.45) is 5.41. The van der Waals surface area contributed by atoms with Crippen molar-refractivity contribution in [3.05, 3.63) is 106 Å². The van der Waals surface area contributed by atoms with E-state index in [2.05, 4.69) is 11.9 Å². The Labute approximate surface area is 240 Å². The molecule has 0 N–H and O–H groups in total. The summed E-state index contributed by atoms with van der Waals surface area (Å²) in [4.78, 5) is 19.0. The zero-order chi connectivity index (χ0) is 28.1. The molecule has 0 bridgehead atoms. The molecule has 1 aliphatic rings. The molecule has 1 aliphatic heterocycles. The third-order valence-electron chi connectivity index (χ3n) is 7.68. The molecule has 1 saturated heterocycles. The number of thiazole rings is 1. The minimum atomic E-state index is -3.64. The Morgan fingerprint density at radius 2 is 1.71 bits per heavy atom. The molecular weight excluding hydrogens is 555 g/mol. The van der Waals surface area contributed by atoms with E-state index in [1.54, 1.807) is 31.6 Å². The summed E-state index contributed by atoms with van der Waals surface area (Å²) in [6, 6.07) is 24.2. The number of hydrogen-bond donors (Lipinski definition) is 0. The lowest BCUT2D eigenvalue weighted by Crippen LogP contribution is -2.37. The molecule has 206 valence electrons. The van der Waals surface area contributed by atoms with Gasteiger partial charge < -0.3 is 0 Å².